The average molecular weight is 217 g/mol. The summed E-state index contributed by atoms with van der Waals surface area (Å²) >= 11 is 0. The van der Waals surface area contributed by atoms with Gasteiger partial charge in [0.1, 0.15) is 0 Å². The van der Waals surface area contributed by atoms with Gasteiger partial charge in [0.2, 0.25) is 0 Å². The lowest BCUT2D eigenvalue weighted by Crippen LogP contribution is -2.67. The van der Waals surface area contributed by atoms with Crippen LogP contribution in [0.3, 0.4) is 0 Å². The molecule has 3 nitrogen and oxygen atoms in total. The van der Waals surface area contributed by atoms with E-state index in [4.69, 9.17) is 4.74 Å². The van der Waals surface area contributed by atoms with E-state index in [1.807, 2.05) is 36.1 Å². The van der Waals surface area contributed by atoms with E-state index in [-0.39, 0.29) is 5.91 Å². The third kappa shape index (κ3) is 1.35. The van der Waals surface area contributed by atoms with E-state index < -0.39 is 0 Å². The van der Waals surface area contributed by atoms with Crippen LogP contribution in [0.25, 0.3) is 0 Å². The minimum atomic E-state index is 0.163. The molecule has 1 aromatic carbocycles. The third-order valence-corrected chi connectivity index (χ3v) is 3.53. The molecule has 2 heterocycles. The number of carbonyl (C=O) groups excluding carboxylic acids is 1. The highest BCUT2D eigenvalue weighted by molar-refractivity contribution is 5.96. The van der Waals surface area contributed by atoms with Crippen molar-refractivity contribution in [1.82, 2.24) is 4.90 Å². The molecule has 2 aliphatic rings. The fourth-order valence-corrected chi connectivity index (χ4v) is 2.46. The van der Waals surface area contributed by atoms with E-state index in [2.05, 4.69) is 0 Å². The van der Waals surface area contributed by atoms with Crippen LogP contribution in [0.1, 0.15) is 15.9 Å². The molecule has 0 N–H and O–H groups in total. The molecule has 0 aromatic heterocycles. The van der Waals surface area contributed by atoms with Crippen LogP contribution in [0.2, 0.25) is 0 Å². The largest absolute Gasteiger partial charge is 0.380 e. The lowest BCUT2D eigenvalue weighted by atomic mass is 9.77. The molecule has 0 radical (unpaired) electrons. The van der Waals surface area contributed by atoms with Crippen LogP contribution in [0, 0.1) is 12.3 Å². The fourth-order valence-electron chi connectivity index (χ4n) is 2.46. The zero-order valence-electron chi connectivity index (χ0n) is 9.40. The first-order valence-electron chi connectivity index (χ1n) is 5.63. The van der Waals surface area contributed by atoms with Gasteiger partial charge in [-0.25, -0.2) is 0 Å². The molecular formula is C13H15NO2. The number of carbonyl (C=O) groups is 1. The monoisotopic (exact) mass is 217 g/mol. The van der Waals surface area contributed by atoms with Gasteiger partial charge in [0.15, 0.2) is 0 Å². The molecule has 2 saturated heterocycles. The Morgan fingerprint density at radius 1 is 1.31 bits per heavy atom. The molecule has 3 rings (SSSR count). The number of nitrogens with zero attached hydrogens (tertiary/aromatic N) is 1. The molecule has 0 unspecified atom stereocenters. The lowest BCUT2D eigenvalue weighted by Gasteiger charge is -2.55. The highest BCUT2D eigenvalue weighted by Gasteiger charge is 2.50. The van der Waals surface area contributed by atoms with E-state index in [1.54, 1.807) is 0 Å². The Balaban J connectivity index is 1.73. The molecule has 1 aromatic rings. The molecule has 1 amide bonds. The van der Waals surface area contributed by atoms with Gasteiger partial charge in [0.25, 0.3) is 5.91 Å². The number of aryl methyl sites for hydroxylation is 1. The van der Waals surface area contributed by atoms with E-state index >= 15 is 0 Å². The molecule has 0 bridgehead atoms. The van der Waals surface area contributed by atoms with Crippen molar-refractivity contribution < 1.29 is 9.53 Å². The summed E-state index contributed by atoms with van der Waals surface area (Å²) in [6.07, 6.45) is 0. The number of benzene rings is 1. The van der Waals surface area contributed by atoms with Gasteiger partial charge in [-0.1, -0.05) is 18.2 Å². The van der Waals surface area contributed by atoms with Gasteiger partial charge in [-0.05, 0) is 18.6 Å². The van der Waals surface area contributed by atoms with E-state index in [0.29, 0.717) is 5.41 Å². The number of hydrogen-bond donors (Lipinski definition) is 0. The van der Waals surface area contributed by atoms with Crippen LogP contribution in [-0.4, -0.2) is 37.1 Å². The zero-order valence-corrected chi connectivity index (χ0v) is 9.40. The van der Waals surface area contributed by atoms with Crippen LogP contribution in [0.4, 0.5) is 0 Å². The molecule has 0 saturated carbocycles. The maximum Gasteiger partial charge on any atom is 0.254 e. The van der Waals surface area contributed by atoms with Gasteiger partial charge in [-0.15, -0.1) is 0 Å². The predicted molar refractivity (Wildman–Crippen MR) is 60.3 cm³/mol. The smallest absolute Gasteiger partial charge is 0.254 e. The molecule has 84 valence electrons. The Hall–Kier alpha value is -1.35. The molecule has 16 heavy (non-hydrogen) atoms. The normalized spacial score (nSPS) is 21.4. The number of ether oxygens (including phenoxy) is 1. The zero-order chi connectivity index (χ0) is 11.2. The first-order chi connectivity index (χ1) is 7.70. The van der Waals surface area contributed by atoms with Crippen LogP contribution in [0.5, 0.6) is 0 Å². The summed E-state index contributed by atoms with van der Waals surface area (Å²) < 4.78 is 5.20. The summed E-state index contributed by atoms with van der Waals surface area (Å²) in [4.78, 5) is 14.1. The highest BCUT2D eigenvalue weighted by atomic mass is 16.5. The molecule has 0 aliphatic carbocycles. The first-order valence-corrected chi connectivity index (χ1v) is 5.63. The van der Waals surface area contributed by atoms with Gasteiger partial charge in [0, 0.05) is 18.7 Å². The van der Waals surface area contributed by atoms with Crippen molar-refractivity contribution in [3.8, 4) is 0 Å². The number of amides is 1. The lowest BCUT2D eigenvalue weighted by molar-refractivity contribution is -0.176. The standard InChI is InChI=1S/C13H15NO2/c1-10-4-2-3-5-11(10)12(15)14-6-13(7-14)8-16-9-13/h2-5H,6-9H2,1H3. The quantitative estimate of drug-likeness (QED) is 0.713. The molecule has 0 atom stereocenters. The number of likely N-dealkylation sites (tertiary alicyclic amines) is 1. The van der Waals surface area contributed by atoms with Crippen molar-refractivity contribution in [2.24, 2.45) is 5.41 Å². The Bertz CT molecular complexity index is 429. The topological polar surface area (TPSA) is 29.5 Å². The van der Waals surface area contributed by atoms with Crippen LogP contribution in [0.15, 0.2) is 24.3 Å². The van der Waals surface area contributed by atoms with Gasteiger partial charge < -0.3 is 9.64 Å². The second-order valence-electron chi connectivity index (χ2n) is 4.97. The maximum atomic E-state index is 12.2. The van der Waals surface area contributed by atoms with Crippen molar-refractivity contribution in [1.29, 1.82) is 0 Å². The van der Waals surface area contributed by atoms with Crippen LogP contribution >= 0.6 is 0 Å². The molecule has 2 fully saturated rings. The van der Waals surface area contributed by atoms with Gasteiger partial charge in [0.05, 0.1) is 18.6 Å². The van der Waals surface area contributed by atoms with Crippen LogP contribution in [-0.2, 0) is 4.74 Å². The summed E-state index contributed by atoms with van der Waals surface area (Å²) in [5, 5.41) is 0. The Labute approximate surface area is 95.0 Å². The van der Waals surface area contributed by atoms with Crippen molar-refractivity contribution >= 4 is 5.91 Å². The molecule has 1 spiro atoms. The SMILES string of the molecule is Cc1ccccc1C(=O)N1CC2(COC2)C1. The van der Waals surface area contributed by atoms with Crippen molar-refractivity contribution in [3.05, 3.63) is 35.4 Å². The summed E-state index contributed by atoms with van der Waals surface area (Å²) in [6.45, 7) is 5.35. The highest BCUT2D eigenvalue weighted by Crippen LogP contribution is 2.38. The van der Waals surface area contributed by atoms with Crippen molar-refractivity contribution in [2.45, 2.75) is 6.92 Å². The summed E-state index contributed by atoms with van der Waals surface area (Å²) in [5.74, 6) is 0.163. The fraction of sp³-hybridized carbons (Fsp3) is 0.462. The number of hydrogen-bond acceptors (Lipinski definition) is 2. The van der Waals surface area contributed by atoms with Crippen molar-refractivity contribution in [3.63, 3.8) is 0 Å². The molecule has 3 heteroatoms. The van der Waals surface area contributed by atoms with E-state index in [1.165, 1.54) is 0 Å². The minimum Gasteiger partial charge on any atom is -0.380 e. The van der Waals surface area contributed by atoms with E-state index in [9.17, 15) is 4.79 Å². The second-order valence-corrected chi connectivity index (χ2v) is 4.97. The average Bonchev–Trinajstić information content (AvgIpc) is 2.13. The third-order valence-electron chi connectivity index (χ3n) is 3.53. The number of rotatable bonds is 1. The Morgan fingerprint density at radius 2 is 2.00 bits per heavy atom. The molecular weight excluding hydrogens is 202 g/mol. The predicted octanol–water partition coefficient (Wildman–Crippen LogP) is 1.47. The van der Waals surface area contributed by atoms with Gasteiger partial charge in [-0.3, -0.25) is 4.79 Å². The Morgan fingerprint density at radius 3 is 2.56 bits per heavy atom. The summed E-state index contributed by atoms with van der Waals surface area (Å²) in [5.41, 5.74) is 2.19. The second kappa shape index (κ2) is 3.32. The van der Waals surface area contributed by atoms with Crippen LogP contribution < -0.4 is 0 Å². The summed E-state index contributed by atoms with van der Waals surface area (Å²) in [7, 11) is 0. The maximum absolute atomic E-state index is 12.2. The first kappa shape index (κ1) is 9.85. The van der Waals surface area contributed by atoms with Gasteiger partial charge >= 0.3 is 0 Å². The summed E-state index contributed by atoms with van der Waals surface area (Å²) in [6, 6.07) is 7.76. The Kier molecular flexibility index (Phi) is 2.04. The van der Waals surface area contributed by atoms with Crippen molar-refractivity contribution in [2.75, 3.05) is 26.3 Å². The minimum absolute atomic E-state index is 0.163. The van der Waals surface area contributed by atoms with Gasteiger partial charge in [-0.2, -0.15) is 0 Å². The van der Waals surface area contributed by atoms with E-state index in [0.717, 1.165) is 37.4 Å². The molecule has 2 aliphatic heterocycles.